The largest absolute Gasteiger partial charge is 0.479 e. The van der Waals surface area contributed by atoms with Crippen LogP contribution < -0.4 is 5.32 Å². The van der Waals surface area contributed by atoms with Gasteiger partial charge in [0.15, 0.2) is 6.04 Å². The van der Waals surface area contributed by atoms with Crippen LogP contribution in [0.4, 0.5) is 4.79 Å². The molecule has 0 saturated carbocycles. The zero-order chi connectivity index (χ0) is 14.3. The lowest BCUT2D eigenvalue weighted by Gasteiger charge is -2.20. The number of hydrogen-bond acceptors (Lipinski definition) is 4. The number of carboxylic acids is 1. The normalized spacial score (nSPS) is 11.9. The van der Waals surface area contributed by atoms with Gasteiger partial charge < -0.3 is 20.1 Å². The molecule has 1 atom stereocenters. The summed E-state index contributed by atoms with van der Waals surface area (Å²) < 4.78 is 5.14. The van der Waals surface area contributed by atoms with Gasteiger partial charge in [0.25, 0.3) is 0 Å². The van der Waals surface area contributed by atoms with Crippen molar-refractivity contribution in [2.24, 2.45) is 0 Å². The Kier molecular flexibility index (Phi) is 6.31. The van der Waals surface area contributed by atoms with Crippen LogP contribution in [-0.4, -0.2) is 48.8 Å². The van der Waals surface area contributed by atoms with Crippen molar-refractivity contribution >= 4 is 23.3 Å². The molecule has 1 unspecified atom stereocenters. The quantitative estimate of drug-likeness (QED) is 0.745. The van der Waals surface area contributed by atoms with E-state index >= 15 is 0 Å². The Bertz CT molecular complexity index is 408. The second-order valence-corrected chi connectivity index (χ2v) is 4.83. The molecular formula is C12H18N2O4S. The molecule has 1 aromatic heterocycles. The molecule has 0 aliphatic heterocycles. The molecule has 0 aliphatic carbocycles. The average molecular weight is 286 g/mol. The van der Waals surface area contributed by atoms with Crippen LogP contribution in [0.5, 0.6) is 0 Å². The molecular weight excluding hydrogens is 268 g/mol. The van der Waals surface area contributed by atoms with E-state index in [9.17, 15) is 9.59 Å². The van der Waals surface area contributed by atoms with Crippen molar-refractivity contribution in [2.75, 3.05) is 26.8 Å². The highest BCUT2D eigenvalue weighted by Crippen LogP contribution is 2.19. The van der Waals surface area contributed by atoms with Gasteiger partial charge in [0.1, 0.15) is 0 Å². The van der Waals surface area contributed by atoms with Gasteiger partial charge in [0, 0.05) is 25.1 Å². The monoisotopic (exact) mass is 286 g/mol. The first kappa shape index (κ1) is 15.5. The SMILES string of the molecule is CCOCCN(C)C(=O)NC(C(=O)O)c1cccs1. The van der Waals surface area contributed by atoms with E-state index in [1.54, 1.807) is 24.6 Å². The van der Waals surface area contributed by atoms with Crippen molar-refractivity contribution in [3.8, 4) is 0 Å². The fourth-order valence-corrected chi connectivity index (χ4v) is 2.16. The molecule has 0 aromatic carbocycles. The van der Waals surface area contributed by atoms with Crippen molar-refractivity contribution in [1.29, 1.82) is 0 Å². The number of carbonyl (C=O) groups excluding carboxylic acids is 1. The third-order valence-corrected chi connectivity index (χ3v) is 3.40. The molecule has 2 N–H and O–H groups in total. The fourth-order valence-electron chi connectivity index (χ4n) is 1.39. The molecule has 0 fully saturated rings. The molecule has 0 bridgehead atoms. The van der Waals surface area contributed by atoms with Gasteiger partial charge in [-0.25, -0.2) is 9.59 Å². The van der Waals surface area contributed by atoms with E-state index in [1.165, 1.54) is 16.2 Å². The standard InChI is InChI=1S/C12H18N2O4S/c1-3-18-7-6-14(2)12(17)13-10(11(15)16)9-5-4-8-19-9/h4-5,8,10H,3,6-7H2,1-2H3,(H,13,17)(H,15,16). The van der Waals surface area contributed by atoms with Gasteiger partial charge in [0.05, 0.1) is 6.61 Å². The Labute approximate surface area is 116 Å². The number of rotatable bonds is 7. The smallest absolute Gasteiger partial charge is 0.331 e. The van der Waals surface area contributed by atoms with E-state index in [0.29, 0.717) is 24.6 Å². The fraction of sp³-hybridized carbons (Fsp3) is 0.500. The van der Waals surface area contributed by atoms with E-state index < -0.39 is 18.0 Å². The maximum atomic E-state index is 11.8. The second-order valence-electron chi connectivity index (χ2n) is 3.85. The van der Waals surface area contributed by atoms with Crippen molar-refractivity contribution in [3.63, 3.8) is 0 Å². The first-order valence-corrected chi connectivity index (χ1v) is 6.79. The van der Waals surface area contributed by atoms with Gasteiger partial charge in [-0.2, -0.15) is 0 Å². The third kappa shape index (κ3) is 4.88. The molecule has 106 valence electrons. The molecule has 2 amide bonds. The Balaban J connectivity index is 2.55. The van der Waals surface area contributed by atoms with Gasteiger partial charge in [0.2, 0.25) is 0 Å². The number of aliphatic carboxylic acids is 1. The summed E-state index contributed by atoms with van der Waals surface area (Å²) in [5, 5.41) is 13.4. The Morgan fingerprint density at radius 2 is 2.32 bits per heavy atom. The van der Waals surface area contributed by atoms with Crippen LogP contribution in [0, 0.1) is 0 Å². The van der Waals surface area contributed by atoms with Crippen LogP contribution in [0.3, 0.4) is 0 Å². The van der Waals surface area contributed by atoms with Crippen LogP contribution in [0.25, 0.3) is 0 Å². The number of hydrogen-bond donors (Lipinski definition) is 2. The molecule has 1 heterocycles. The number of carboxylic acid groups (broad SMARTS) is 1. The topological polar surface area (TPSA) is 78.9 Å². The van der Waals surface area contributed by atoms with Crippen molar-refractivity contribution in [1.82, 2.24) is 10.2 Å². The number of carbonyl (C=O) groups is 2. The lowest BCUT2D eigenvalue weighted by Crippen LogP contribution is -2.42. The number of urea groups is 1. The summed E-state index contributed by atoms with van der Waals surface area (Å²) in [5.74, 6) is -1.07. The molecule has 0 aliphatic rings. The summed E-state index contributed by atoms with van der Waals surface area (Å²) >= 11 is 1.30. The van der Waals surface area contributed by atoms with Gasteiger partial charge in [-0.3, -0.25) is 0 Å². The van der Waals surface area contributed by atoms with Crippen LogP contribution in [0.1, 0.15) is 17.8 Å². The third-order valence-electron chi connectivity index (χ3n) is 2.46. The van der Waals surface area contributed by atoms with Crippen molar-refractivity contribution < 1.29 is 19.4 Å². The number of thiophene rings is 1. The molecule has 0 radical (unpaired) electrons. The summed E-state index contributed by atoms with van der Waals surface area (Å²) in [6, 6.07) is 1.99. The molecule has 1 rings (SSSR count). The van der Waals surface area contributed by atoms with E-state index in [0.717, 1.165) is 0 Å². The zero-order valence-electron chi connectivity index (χ0n) is 11.0. The second kappa shape index (κ2) is 7.75. The van der Waals surface area contributed by atoms with Crippen molar-refractivity contribution in [3.05, 3.63) is 22.4 Å². The molecule has 7 heteroatoms. The zero-order valence-corrected chi connectivity index (χ0v) is 11.8. The molecule has 0 saturated heterocycles. The van der Waals surface area contributed by atoms with Gasteiger partial charge in [-0.15, -0.1) is 11.3 Å². The van der Waals surface area contributed by atoms with E-state index in [4.69, 9.17) is 9.84 Å². The Hall–Kier alpha value is -1.60. The molecule has 6 nitrogen and oxygen atoms in total. The lowest BCUT2D eigenvalue weighted by molar-refractivity contribution is -0.139. The molecule has 19 heavy (non-hydrogen) atoms. The summed E-state index contributed by atoms with van der Waals surface area (Å²) in [6.07, 6.45) is 0. The minimum Gasteiger partial charge on any atom is -0.479 e. The predicted molar refractivity (Wildman–Crippen MR) is 72.4 cm³/mol. The lowest BCUT2D eigenvalue weighted by atomic mass is 10.2. The van der Waals surface area contributed by atoms with Gasteiger partial charge in [-0.1, -0.05) is 6.07 Å². The number of nitrogens with zero attached hydrogens (tertiary/aromatic N) is 1. The summed E-state index contributed by atoms with van der Waals surface area (Å²) in [6.45, 7) is 3.30. The average Bonchev–Trinajstić information content (AvgIpc) is 2.88. The van der Waals surface area contributed by atoms with Crippen LogP contribution in [0.15, 0.2) is 17.5 Å². The number of likely N-dealkylation sites (N-methyl/N-ethyl adjacent to an activating group) is 1. The first-order chi connectivity index (χ1) is 9.06. The highest BCUT2D eigenvalue weighted by atomic mass is 32.1. The summed E-state index contributed by atoms with van der Waals surface area (Å²) in [4.78, 5) is 25.0. The number of ether oxygens (including phenoxy) is 1. The molecule has 0 spiro atoms. The Morgan fingerprint density at radius 3 is 2.84 bits per heavy atom. The maximum Gasteiger partial charge on any atom is 0.331 e. The maximum absolute atomic E-state index is 11.8. The summed E-state index contributed by atoms with van der Waals surface area (Å²) in [7, 11) is 1.60. The predicted octanol–water partition coefficient (Wildman–Crippen LogP) is 1.55. The highest BCUT2D eigenvalue weighted by Gasteiger charge is 2.24. The molecule has 1 aromatic rings. The Morgan fingerprint density at radius 1 is 1.58 bits per heavy atom. The van der Waals surface area contributed by atoms with Gasteiger partial charge >= 0.3 is 12.0 Å². The number of nitrogens with one attached hydrogen (secondary N) is 1. The minimum absolute atomic E-state index is 0.413. The van der Waals surface area contributed by atoms with E-state index in [1.807, 2.05) is 6.92 Å². The van der Waals surface area contributed by atoms with Crippen molar-refractivity contribution in [2.45, 2.75) is 13.0 Å². The highest BCUT2D eigenvalue weighted by molar-refractivity contribution is 7.10. The summed E-state index contributed by atoms with van der Waals surface area (Å²) in [5.41, 5.74) is 0. The first-order valence-electron chi connectivity index (χ1n) is 5.91. The van der Waals surface area contributed by atoms with E-state index in [2.05, 4.69) is 5.32 Å². The van der Waals surface area contributed by atoms with Gasteiger partial charge in [-0.05, 0) is 18.4 Å². The van der Waals surface area contributed by atoms with Crippen LogP contribution in [-0.2, 0) is 9.53 Å². The van der Waals surface area contributed by atoms with Crippen LogP contribution >= 0.6 is 11.3 Å². The number of amides is 2. The van der Waals surface area contributed by atoms with E-state index in [-0.39, 0.29) is 0 Å². The minimum atomic E-state index is -1.07. The van der Waals surface area contributed by atoms with Crippen LogP contribution in [0.2, 0.25) is 0 Å².